The summed E-state index contributed by atoms with van der Waals surface area (Å²) in [5.74, 6) is 1.19. The Balaban J connectivity index is 1.25. The molecule has 178 valence electrons. The number of rotatable bonds is 3. The Morgan fingerprint density at radius 1 is 1.09 bits per heavy atom. The van der Waals surface area contributed by atoms with Gasteiger partial charge in [0.25, 0.3) is 0 Å². The fourth-order valence-corrected chi connectivity index (χ4v) is 8.89. The Morgan fingerprint density at radius 3 is 2.88 bits per heavy atom. The molecular formula is C31H38N2O. The average Bonchev–Trinajstić information content (AvgIpc) is 3.33. The number of ether oxygens (including phenoxy) is 1. The Labute approximate surface area is 204 Å². The number of aromatic nitrogens is 1. The van der Waals surface area contributed by atoms with E-state index in [1.807, 2.05) is 12.4 Å². The minimum atomic E-state index is -0.0661. The molecule has 1 aromatic carbocycles. The molecule has 7 rings (SSSR count). The summed E-state index contributed by atoms with van der Waals surface area (Å²) in [6.45, 7) is 7.12. The molecule has 2 spiro atoms. The molecule has 1 N–H and O–H groups in total. The van der Waals surface area contributed by atoms with Gasteiger partial charge in [-0.25, -0.2) is 0 Å². The first kappa shape index (κ1) is 21.3. The molecule has 2 bridgehead atoms. The zero-order valence-electron chi connectivity index (χ0n) is 20.9. The lowest BCUT2D eigenvalue weighted by atomic mass is 9.58. The smallest absolute Gasteiger partial charge is 0.0974 e. The molecule has 2 aliphatic heterocycles. The zero-order valence-corrected chi connectivity index (χ0v) is 20.9. The van der Waals surface area contributed by atoms with Crippen molar-refractivity contribution in [3.63, 3.8) is 0 Å². The second-order valence-corrected chi connectivity index (χ2v) is 12.5. The van der Waals surface area contributed by atoms with E-state index in [-0.39, 0.29) is 16.6 Å². The predicted molar refractivity (Wildman–Crippen MR) is 138 cm³/mol. The number of hydrogen-bond donors (Lipinski definition) is 1. The van der Waals surface area contributed by atoms with E-state index in [9.17, 15) is 0 Å². The normalized spacial score (nSPS) is 40.5. The van der Waals surface area contributed by atoms with Gasteiger partial charge in [0.2, 0.25) is 0 Å². The summed E-state index contributed by atoms with van der Waals surface area (Å²) in [6, 6.07) is 10.3. The van der Waals surface area contributed by atoms with Crippen molar-refractivity contribution in [1.29, 1.82) is 0 Å². The fraction of sp³-hybridized carbons (Fsp3) is 0.581. The van der Waals surface area contributed by atoms with Crippen LogP contribution < -0.4 is 5.32 Å². The van der Waals surface area contributed by atoms with Gasteiger partial charge in [0, 0.05) is 29.9 Å². The Hall–Kier alpha value is -1.97. The van der Waals surface area contributed by atoms with E-state index in [0.717, 1.165) is 6.42 Å². The zero-order chi connectivity index (χ0) is 23.1. The number of pyridine rings is 1. The van der Waals surface area contributed by atoms with Crippen molar-refractivity contribution >= 4 is 10.8 Å². The van der Waals surface area contributed by atoms with Gasteiger partial charge >= 0.3 is 0 Å². The number of nitrogens with zero attached hydrogens (tertiary/aromatic N) is 1. The lowest BCUT2D eigenvalue weighted by molar-refractivity contribution is -0.136. The first-order valence-corrected chi connectivity index (χ1v) is 13.6. The summed E-state index contributed by atoms with van der Waals surface area (Å²) in [4.78, 5) is 4.38. The van der Waals surface area contributed by atoms with E-state index < -0.39 is 0 Å². The lowest BCUT2D eigenvalue weighted by Crippen LogP contribution is -2.55. The molecule has 3 nitrogen and oxygen atoms in total. The van der Waals surface area contributed by atoms with Crippen LogP contribution in [0.15, 0.2) is 60.0 Å². The van der Waals surface area contributed by atoms with Crippen LogP contribution >= 0.6 is 0 Å². The number of nitrogens with one attached hydrogen (secondary N) is 1. The second kappa shape index (κ2) is 7.27. The van der Waals surface area contributed by atoms with Crippen molar-refractivity contribution in [2.45, 2.75) is 101 Å². The predicted octanol–water partition coefficient (Wildman–Crippen LogP) is 6.84. The lowest BCUT2D eigenvalue weighted by Gasteiger charge is -2.54. The maximum absolute atomic E-state index is 7.44. The molecule has 3 heterocycles. The van der Waals surface area contributed by atoms with E-state index in [1.54, 1.807) is 5.57 Å². The minimum Gasteiger partial charge on any atom is -0.359 e. The van der Waals surface area contributed by atoms with Crippen molar-refractivity contribution in [2.24, 2.45) is 11.3 Å². The van der Waals surface area contributed by atoms with Crippen molar-refractivity contribution in [2.75, 3.05) is 0 Å². The molecule has 1 unspecified atom stereocenters. The topological polar surface area (TPSA) is 34.2 Å². The summed E-state index contributed by atoms with van der Waals surface area (Å²) in [6.07, 6.45) is 18.8. The van der Waals surface area contributed by atoms with Crippen molar-refractivity contribution in [1.82, 2.24) is 10.3 Å². The fourth-order valence-electron chi connectivity index (χ4n) is 8.89. The van der Waals surface area contributed by atoms with Gasteiger partial charge in [-0.2, -0.15) is 0 Å². The van der Waals surface area contributed by atoms with E-state index in [4.69, 9.17) is 4.74 Å². The highest BCUT2D eigenvalue weighted by molar-refractivity contribution is 5.82. The molecule has 34 heavy (non-hydrogen) atoms. The van der Waals surface area contributed by atoms with Gasteiger partial charge in [-0.05, 0) is 103 Å². The van der Waals surface area contributed by atoms with Crippen molar-refractivity contribution < 1.29 is 4.74 Å². The van der Waals surface area contributed by atoms with Crippen LogP contribution in [-0.4, -0.2) is 28.3 Å². The van der Waals surface area contributed by atoms with Crippen molar-refractivity contribution in [3.8, 4) is 0 Å². The van der Waals surface area contributed by atoms with Gasteiger partial charge in [0.05, 0.1) is 11.2 Å². The van der Waals surface area contributed by atoms with Crippen LogP contribution in [-0.2, 0) is 4.74 Å². The molecule has 3 aliphatic carbocycles. The highest BCUT2D eigenvalue weighted by atomic mass is 16.5. The first-order valence-electron chi connectivity index (χ1n) is 13.6. The molecule has 0 amide bonds. The molecule has 1 saturated heterocycles. The molecule has 6 atom stereocenters. The Bertz CT molecular complexity index is 1210. The summed E-state index contributed by atoms with van der Waals surface area (Å²) in [5.41, 5.74) is 4.78. The maximum Gasteiger partial charge on any atom is 0.0974 e. The summed E-state index contributed by atoms with van der Waals surface area (Å²) >= 11 is 0. The molecule has 2 saturated carbocycles. The average molecular weight is 455 g/mol. The summed E-state index contributed by atoms with van der Waals surface area (Å²) < 4.78 is 7.44. The van der Waals surface area contributed by atoms with Crippen LogP contribution in [0.4, 0.5) is 0 Å². The Morgan fingerprint density at radius 2 is 2.00 bits per heavy atom. The highest BCUT2D eigenvalue weighted by Gasteiger charge is 2.66. The summed E-state index contributed by atoms with van der Waals surface area (Å²) in [5, 5.41) is 6.39. The van der Waals surface area contributed by atoms with Crippen LogP contribution in [0.5, 0.6) is 0 Å². The molecule has 3 fully saturated rings. The van der Waals surface area contributed by atoms with Gasteiger partial charge in [-0.15, -0.1) is 0 Å². The van der Waals surface area contributed by atoms with E-state index in [0.29, 0.717) is 23.9 Å². The monoisotopic (exact) mass is 454 g/mol. The third-order valence-electron chi connectivity index (χ3n) is 10.3. The third kappa shape index (κ3) is 2.86. The van der Waals surface area contributed by atoms with Gasteiger partial charge < -0.3 is 10.1 Å². The van der Waals surface area contributed by atoms with Gasteiger partial charge in [-0.3, -0.25) is 4.98 Å². The van der Waals surface area contributed by atoms with Crippen LogP contribution in [0, 0.1) is 11.3 Å². The summed E-state index contributed by atoms with van der Waals surface area (Å²) in [7, 11) is 0. The maximum atomic E-state index is 7.44. The third-order valence-corrected chi connectivity index (χ3v) is 10.3. The molecule has 0 radical (unpaired) electrons. The molecule has 2 aromatic rings. The molecule has 1 aromatic heterocycles. The molecule has 5 aliphatic rings. The molecular weight excluding hydrogens is 416 g/mol. The van der Waals surface area contributed by atoms with Gasteiger partial charge in [0.1, 0.15) is 0 Å². The largest absolute Gasteiger partial charge is 0.359 e. The highest BCUT2D eigenvalue weighted by Crippen LogP contribution is 2.69. The second-order valence-electron chi connectivity index (χ2n) is 12.5. The Kier molecular flexibility index (Phi) is 4.56. The SMILES string of the molecule is CC(C)N[C@@H]1CCC2=CC3=CC[C@]4(C)C(c5ccc6ccncc6c5)CC[C@H]4[C@@]34CC[C@]2(C1)O4. The van der Waals surface area contributed by atoms with Crippen LogP contribution in [0.25, 0.3) is 10.8 Å². The van der Waals surface area contributed by atoms with Gasteiger partial charge in [0.15, 0.2) is 0 Å². The van der Waals surface area contributed by atoms with E-state index >= 15 is 0 Å². The van der Waals surface area contributed by atoms with Crippen LogP contribution in [0.2, 0.25) is 0 Å². The quantitative estimate of drug-likeness (QED) is 0.551. The number of allylic oxidation sites excluding steroid dienone is 1. The standard InChI is InChI=1S/C31H38N2O/c1-20(2)33-26-7-6-24-17-25-10-12-29(3)27(22-5-4-21-11-15-32-19-23(21)16-22)8-9-28(29)31(25)14-13-30(24,18-26)34-31/h4-5,10-11,15-17,19-20,26-28,33H,6-9,12-14,18H2,1-3H3/t26-,27?,28-,29-,30-,31-/m1/s1. The van der Waals surface area contributed by atoms with Crippen LogP contribution in [0.1, 0.15) is 83.6 Å². The van der Waals surface area contributed by atoms with Crippen molar-refractivity contribution in [3.05, 3.63) is 65.5 Å². The van der Waals surface area contributed by atoms with E-state index in [2.05, 4.69) is 67.5 Å². The minimum absolute atomic E-state index is 0.0207. The number of hydrogen-bond acceptors (Lipinski definition) is 3. The number of benzene rings is 1. The van der Waals surface area contributed by atoms with E-state index in [1.165, 1.54) is 66.9 Å². The van der Waals surface area contributed by atoms with Gasteiger partial charge in [-0.1, -0.05) is 45.1 Å². The number of fused-ring (bicyclic) bond motifs is 2. The first-order chi connectivity index (χ1) is 16.4. The molecule has 3 heteroatoms. The van der Waals surface area contributed by atoms with Crippen LogP contribution in [0.3, 0.4) is 0 Å².